The molecule has 1 unspecified atom stereocenters. The van der Waals surface area contributed by atoms with Crippen LogP contribution in [0.1, 0.15) is 80.4 Å². The van der Waals surface area contributed by atoms with Crippen LogP contribution in [0, 0.1) is 0 Å². The Kier molecular flexibility index (Phi) is 5.90. The molecule has 7 nitrogen and oxygen atoms in total. The third-order valence-electron chi connectivity index (χ3n) is 5.82. The Balaban J connectivity index is 1.62. The molecule has 3 aromatic heterocycles. The lowest BCUT2D eigenvalue weighted by Crippen LogP contribution is -2.36. The molecule has 1 amide bonds. The quantitative estimate of drug-likeness (QED) is 0.630. The molecule has 4 rings (SSSR count). The van der Waals surface area contributed by atoms with Gasteiger partial charge in [0.1, 0.15) is 5.76 Å². The van der Waals surface area contributed by atoms with E-state index in [-0.39, 0.29) is 23.9 Å². The fraction of sp³-hybridized carbons (Fsp3) is 0.522. The van der Waals surface area contributed by atoms with E-state index in [0.29, 0.717) is 12.1 Å². The van der Waals surface area contributed by atoms with Gasteiger partial charge in [0.05, 0.1) is 29.5 Å². The molecular formula is C23H31N5O2. The van der Waals surface area contributed by atoms with Gasteiger partial charge >= 0.3 is 0 Å². The predicted molar refractivity (Wildman–Crippen MR) is 117 cm³/mol. The lowest BCUT2D eigenvalue weighted by Gasteiger charge is -2.26. The van der Waals surface area contributed by atoms with Crippen LogP contribution in [0.2, 0.25) is 0 Å². The van der Waals surface area contributed by atoms with Crippen molar-refractivity contribution >= 4 is 16.9 Å². The molecule has 1 fully saturated rings. The standard InChI is InChI=1S/C23H31N5O2/c1-15(2)19-12-17(18-13-25-28(16(3)4)22(18)26-19)23(29)24-14-20(21-8-7-11-30-21)27-9-5-6-10-27/h7-8,11-13,15-16,20H,5-6,9-10,14H2,1-4H3,(H,24,29). The summed E-state index contributed by atoms with van der Waals surface area (Å²) in [6, 6.07) is 6.02. The molecule has 1 aliphatic rings. The van der Waals surface area contributed by atoms with Gasteiger partial charge in [-0.25, -0.2) is 9.67 Å². The zero-order valence-corrected chi connectivity index (χ0v) is 18.3. The molecule has 0 saturated carbocycles. The summed E-state index contributed by atoms with van der Waals surface area (Å²) < 4.78 is 7.56. The molecule has 0 aliphatic carbocycles. The van der Waals surface area contributed by atoms with E-state index >= 15 is 0 Å². The summed E-state index contributed by atoms with van der Waals surface area (Å²) in [6.07, 6.45) is 5.82. The molecule has 1 aliphatic heterocycles. The van der Waals surface area contributed by atoms with Gasteiger partial charge in [-0.05, 0) is 63.9 Å². The SMILES string of the molecule is CC(C)c1cc(C(=O)NCC(c2ccco2)N2CCCC2)c2cnn(C(C)C)c2n1. The maximum absolute atomic E-state index is 13.3. The molecule has 0 radical (unpaired) electrons. The molecule has 1 N–H and O–H groups in total. The van der Waals surface area contributed by atoms with E-state index < -0.39 is 0 Å². The number of hydrogen-bond donors (Lipinski definition) is 1. The Morgan fingerprint density at radius 2 is 2.00 bits per heavy atom. The van der Waals surface area contributed by atoms with Gasteiger partial charge < -0.3 is 9.73 Å². The summed E-state index contributed by atoms with van der Waals surface area (Å²) in [5.41, 5.74) is 2.30. The van der Waals surface area contributed by atoms with Crippen LogP contribution in [0.3, 0.4) is 0 Å². The molecule has 0 bridgehead atoms. The van der Waals surface area contributed by atoms with Gasteiger partial charge in [-0.15, -0.1) is 0 Å². The fourth-order valence-electron chi connectivity index (χ4n) is 4.13. The fourth-order valence-corrected chi connectivity index (χ4v) is 4.13. The molecular weight excluding hydrogens is 378 g/mol. The highest BCUT2D eigenvalue weighted by molar-refractivity contribution is 6.05. The second kappa shape index (κ2) is 8.60. The summed E-state index contributed by atoms with van der Waals surface area (Å²) in [4.78, 5) is 20.5. The minimum absolute atomic E-state index is 0.0479. The first-order chi connectivity index (χ1) is 14.5. The largest absolute Gasteiger partial charge is 0.468 e. The first kappa shape index (κ1) is 20.6. The van der Waals surface area contributed by atoms with Crippen LogP contribution in [0.15, 0.2) is 35.1 Å². The van der Waals surface area contributed by atoms with Crippen molar-refractivity contribution in [2.45, 2.75) is 58.5 Å². The van der Waals surface area contributed by atoms with Gasteiger partial charge in [-0.2, -0.15) is 5.10 Å². The Bertz CT molecular complexity index is 1000. The van der Waals surface area contributed by atoms with Gasteiger partial charge in [0.25, 0.3) is 5.91 Å². The van der Waals surface area contributed by atoms with Crippen LogP contribution < -0.4 is 5.32 Å². The number of aromatic nitrogens is 3. The van der Waals surface area contributed by atoms with Crippen LogP contribution in [-0.2, 0) is 0 Å². The molecule has 4 heterocycles. The Labute approximate surface area is 177 Å². The van der Waals surface area contributed by atoms with E-state index in [1.165, 1.54) is 12.8 Å². The zero-order valence-electron chi connectivity index (χ0n) is 18.3. The average Bonchev–Trinajstić information content (AvgIpc) is 3.48. The van der Waals surface area contributed by atoms with Gasteiger partial charge in [-0.1, -0.05) is 13.8 Å². The number of amides is 1. The van der Waals surface area contributed by atoms with Crippen LogP contribution in [0.25, 0.3) is 11.0 Å². The van der Waals surface area contributed by atoms with E-state index in [4.69, 9.17) is 9.40 Å². The minimum Gasteiger partial charge on any atom is -0.468 e. The van der Waals surface area contributed by atoms with Crippen molar-refractivity contribution < 1.29 is 9.21 Å². The molecule has 0 aromatic carbocycles. The maximum atomic E-state index is 13.3. The number of fused-ring (bicyclic) bond motifs is 1. The van der Waals surface area contributed by atoms with Crippen molar-refractivity contribution in [2.75, 3.05) is 19.6 Å². The number of carbonyl (C=O) groups excluding carboxylic acids is 1. The molecule has 1 atom stereocenters. The number of likely N-dealkylation sites (tertiary alicyclic amines) is 1. The Morgan fingerprint density at radius 1 is 1.23 bits per heavy atom. The van der Waals surface area contributed by atoms with Crippen molar-refractivity contribution in [1.29, 1.82) is 0 Å². The lowest BCUT2D eigenvalue weighted by molar-refractivity contribution is 0.0935. The number of pyridine rings is 1. The topological polar surface area (TPSA) is 76.2 Å². The summed E-state index contributed by atoms with van der Waals surface area (Å²) in [7, 11) is 0. The van der Waals surface area contributed by atoms with Crippen LogP contribution in [0.5, 0.6) is 0 Å². The van der Waals surface area contributed by atoms with Crippen LogP contribution in [-0.4, -0.2) is 45.2 Å². The summed E-state index contributed by atoms with van der Waals surface area (Å²) >= 11 is 0. The van der Waals surface area contributed by atoms with Gasteiger partial charge in [0, 0.05) is 18.3 Å². The summed E-state index contributed by atoms with van der Waals surface area (Å²) in [6.45, 7) is 10.9. The van der Waals surface area contributed by atoms with Gasteiger partial charge in [-0.3, -0.25) is 9.69 Å². The normalized spacial score (nSPS) is 16.1. The summed E-state index contributed by atoms with van der Waals surface area (Å²) in [5, 5.41) is 8.44. The number of hydrogen-bond acceptors (Lipinski definition) is 5. The minimum atomic E-state index is -0.0941. The highest BCUT2D eigenvalue weighted by atomic mass is 16.3. The number of furan rings is 1. The Hall–Kier alpha value is -2.67. The van der Waals surface area contributed by atoms with Crippen molar-refractivity contribution in [3.8, 4) is 0 Å². The molecule has 160 valence electrons. The van der Waals surface area contributed by atoms with Crippen molar-refractivity contribution in [1.82, 2.24) is 25.0 Å². The molecule has 1 saturated heterocycles. The first-order valence-electron chi connectivity index (χ1n) is 10.9. The van der Waals surface area contributed by atoms with Gasteiger partial charge in [0.2, 0.25) is 0 Å². The molecule has 7 heteroatoms. The van der Waals surface area contributed by atoms with Crippen molar-refractivity contribution in [3.63, 3.8) is 0 Å². The van der Waals surface area contributed by atoms with E-state index in [2.05, 4.69) is 43.0 Å². The van der Waals surface area contributed by atoms with E-state index in [1.807, 2.05) is 22.9 Å². The number of nitrogens with zero attached hydrogens (tertiary/aromatic N) is 4. The Morgan fingerprint density at radius 3 is 2.63 bits per heavy atom. The van der Waals surface area contributed by atoms with E-state index in [1.54, 1.807) is 12.5 Å². The van der Waals surface area contributed by atoms with E-state index in [9.17, 15) is 4.79 Å². The third-order valence-corrected chi connectivity index (χ3v) is 5.82. The smallest absolute Gasteiger partial charge is 0.252 e. The number of rotatable bonds is 7. The number of nitrogens with one attached hydrogen (secondary N) is 1. The second-order valence-electron chi connectivity index (χ2n) is 8.65. The second-order valence-corrected chi connectivity index (χ2v) is 8.65. The summed E-state index contributed by atoms with van der Waals surface area (Å²) in [5.74, 6) is 1.02. The third kappa shape index (κ3) is 3.99. The molecule has 30 heavy (non-hydrogen) atoms. The highest BCUT2D eigenvalue weighted by Crippen LogP contribution is 2.27. The zero-order chi connectivity index (χ0) is 21.3. The monoisotopic (exact) mass is 409 g/mol. The number of carbonyl (C=O) groups is 1. The first-order valence-corrected chi connectivity index (χ1v) is 10.9. The molecule has 3 aromatic rings. The predicted octanol–water partition coefficient (Wildman–Crippen LogP) is 4.30. The molecule has 0 spiro atoms. The van der Waals surface area contributed by atoms with Crippen molar-refractivity contribution in [2.24, 2.45) is 0 Å². The van der Waals surface area contributed by atoms with E-state index in [0.717, 1.165) is 35.6 Å². The van der Waals surface area contributed by atoms with Crippen LogP contribution >= 0.6 is 0 Å². The van der Waals surface area contributed by atoms with Crippen LogP contribution in [0.4, 0.5) is 0 Å². The van der Waals surface area contributed by atoms with Crippen molar-refractivity contribution in [3.05, 3.63) is 47.7 Å². The highest BCUT2D eigenvalue weighted by Gasteiger charge is 2.27. The average molecular weight is 410 g/mol. The van der Waals surface area contributed by atoms with Gasteiger partial charge in [0.15, 0.2) is 5.65 Å². The lowest BCUT2D eigenvalue weighted by atomic mass is 10.0. The maximum Gasteiger partial charge on any atom is 0.252 e.